The van der Waals surface area contributed by atoms with E-state index in [1.807, 2.05) is 6.92 Å². The van der Waals surface area contributed by atoms with Gasteiger partial charge >= 0.3 is 0 Å². The molecule has 0 aliphatic carbocycles. The van der Waals surface area contributed by atoms with E-state index < -0.39 is 0 Å². The fourth-order valence-electron chi connectivity index (χ4n) is 2.19. The Bertz CT molecular complexity index is 221. The predicted octanol–water partition coefficient (Wildman–Crippen LogP) is 1.47. The first-order valence-electron chi connectivity index (χ1n) is 5.95. The van der Waals surface area contributed by atoms with Crippen LogP contribution in [0.25, 0.3) is 0 Å². The highest BCUT2D eigenvalue weighted by molar-refractivity contribution is 4.84. The number of hydrogen-bond donors (Lipinski definition) is 1. The largest absolute Gasteiger partial charge is 0.313 e. The Morgan fingerprint density at radius 3 is 2.87 bits per heavy atom. The lowest BCUT2D eigenvalue weighted by molar-refractivity contribution is 0.178. The summed E-state index contributed by atoms with van der Waals surface area (Å²) in [6.45, 7) is 7.45. The molecule has 3 unspecified atom stereocenters. The van der Waals surface area contributed by atoms with Gasteiger partial charge in [0.05, 0.1) is 12.0 Å². The molecule has 3 heteroatoms. The molecule has 1 aliphatic heterocycles. The molecule has 3 nitrogen and oxygen atoms in total. The van der Waals surface area contributed by atoms with Crippen LogP contribution in [0.5, 0.6) is 0 Å². The van der Waals surface area contributed by atoms with Gasteiger partial charge in [-0.1, -0.05) is 0 Å². The van der Waals surface area contributed by atoms with Crippen molar-refractivity contribution in [3.8, 4) is 6.07 Å². The summed E-state index contributed by atoms with van der Waals surface area (Å²) in [5.74, 6) is 0.864. The van der Waals surface area contributed by atoms with Crippen LogP contribution in [0.4, 0.5) is 0 Å². The molecular formula is C12H23N3. The minimum absolute atomic E-state index is 0.119. The first-order valence-corrected chi connectivity index (χ1v) is 5.95. The number of likely N-dealkylation sites (tertiary alicyclic amines) is 1. The van der Waals surface area contributed by atoms with E-state index in [0.717, 1.165) is 12.5 Å². The van der Waals surface area contributed by atoms with Crippen LogP contribution in [0.3, 0.4) is 0 Å². The maximum absolute atomic E-state index is 8.70. The van der Waals surface area contributed by atoms with Gasteiger partial charge in [-0.25, -0.2) is 0 Å². The molecule has 0 aromatic heterocycles. The van der Waals surface area contributed by atoms with E-state index in [4.69, 9.17) is 5.26 Å². The summed E-state index contributed by atoms with van der Waals surface area (Å²) in [4.78, 5) is 2.40. The Morgan fingerprint density at radius 1 is 1.53 bits per heavy atom. The molecule has 3 atom stereocenters. The Hall–Kier alpha value is -0.590. The van der Waals surface area contributed by atoms with E-state index in [1.165, 1.54) is 25.9 Å². The van der Waals surface area contributed by atoms with Gasteiger partial charge in [0.25, 0.3) is 0 Å². The highest BCUT2D eigenvalue weighted by Gasteiger charge is 2.22. The second kappa shape index (κ2) is 6.09. The van der Waals surface area contributed by atoms with Gasteiger partial charge in [0.2, 0.25) is 0 Å². The van der Waals surface area contributed by atoms with Crippen LogP contribution >= 0.6 is 0 Å². The van der Waals surface area contributed by atoms with Gasteiger partial charge in [0, 0.05) is 19.1 Å². The third kappa shape index (κ3) is 4.19. The Morgan fingerprint density at radius 2 is 2.27 bits per heavy atom. The van der Waals surface area contributed by atoms with Crippen molar-refractivity contribution in [3.05, 3.63) is 0 Å². The molecule has 15 heavy (non-hydrogen) atoms. The summed E-state index contributed by atoms with van der Waals surface area (Å²) in [5.41, 5.74) is 0. The van der Waals surface area contributed by atoms with Gasteiger partial charge in [-0.15, -0.1) is 0 Å². The molecule has 0 spiro atoms. The number of nitriles is 1. The highest BCUT2D eigenvalue weighted by Crippen LogP contribution is 2.18. The minimum Gasteiger partial charge on any atom is -0.313 e. The SMILES string of the molecule is CC(C#N)CNC(C)C1CCCN(C)C1. The Kier molecular flexibility index (Phi) is 5.07. The molecule has 0 aromatic carbocycles. The smallest absolute Gasteiger partial charge is 0.0666 e. The maximum atomic E-state index is 8.70. The summed E-state index contributed by atoms with van der Waals surface area (Å²) < 4.78 is 0. The zero-order valence-electron chi connectivity index (χ0n) is 10.2. The lowest BCUT2D eigenvalue weighted by Gasteiger charge is -2.34. The van der Waals surface area contributed by atoms with Crippen molar-refractivity contribution >= 4 is 0 Å². The molecule has 0 radical (unpaired) electrons. The summed E-state index contributed by atoms with van der Waals surface area (Å²) >= 11 is 0. The number of rotatable bonds is 4. The van der Waals surface area contributed by atoms with Gasteiger partial charge in [-0.05, 0) is 46.2 Å². The second-order valence-corrected chi connectivity index (χ2v) is 4.89. The standard InChI is InChI=1S/C12H23N3/c1-10(7-13)8-14-11(2)12-5-4-6-15(3)9-12/h10-12,14H,4-6,8-9H2,1-3H3. The average molecular weight is 209 g/mol. The van der Waals surface area contributed by atoms with Gasteiger partial charge in [0.1, 0.15) is 0 Å². The third-order valence-electron chi connectivity index (χ3n) is 3.33. The minimum atomic E-state index is 0.119. The van der Waals surface area contributed by atoms with E-state index in [0.29, 0.717) is 6.04 Å². The van der Waals surface area contributed by atoms with E-state index in [9.17, 15) is 0 Å². The van der Waals surface area contributed by atoms with Gasteiger partial charge in [-0.3, -0.25) is 0 Å². The third-order valence-corrected chi connectivity index (χ3v) is 3.33. The number of piperidine rings is 1. The molecule has 0 saturated carbocycles. The fraction of sp³-hybridized carbons (Fsp3) is 0.917. The topological polar surface area (TPSA) is 39.1 Å². The van der Waals surface area contributed by atoms with Crippen molar-refractivity contribution in [2.24, 2.45) is 11.8 Å². The van der Waals surface area contributed by atoms with Crippen molar-refractivity contribution < 1.29 is 0 Å². The summed E-state index contributed by atoms with van der Waals surface area (Å²) in [5, 5.41) is 12.2. The van der Waals surface area contributed by atoms with Crippen LogP contribution in [-0.4, -0.2) is 37.6 Å². The fourth-order valence-corrected chi connectivity index (χ4v) is 2.19. The molecular weight excluding hydrogens is 186 g/mol. The summed E-state index contributed by atoms with van der Waals surface area (Å²) in [7, 11) is 2.19. The van der Waals surface area contributed by atoms with E-state index in [1.54, 1.807) is 0 Å². The quantitative estimate of drug-likeness (QED) is 0.762. The van der Waals surface area contributed by atoms with E-state index in [2.05, 4.69) is 30.3 Å². The molecule has 1 saturated heterocycles. The predicted molar refractivity (Wildman–Crippen MR) is 62.5 cm³/mol. The van der Waals surface area contributed by atoms with Crippen molar-refractivity contribution in [1.29, 1.82) is 5.26 Å². The van der Waals surface area contributed by atoms with Crippen LogP contribution in [0, 0.1) is 23.2 Å². The van der Waals surface area contributed by atoms with Crippen molar-refractivity contribution in [2.45, 2.75) is 32.7 Å². The highest BCUT2D eigenvalue weighted by atomic mass is 15.1. The molecule has 1 aliphatic rings. The van der Waals surface area contributed by atoms with Gasteiger partial charge in [-0.2, -0.15) is 5.26 Å². The molecule has 86 valence electrons. The van der Waals surface area contributed by atoms with E-state index in [-0.39, 0.29) is 5.92 Å². The molecule has 1 N–H and O–H groups in total. The zero-order valence-corrected chi connectivity index (χ0v) is 10.2. The van der Waals surface area contributed by atoms with Crippen LogP contribution in [0.2, 0.25) is 0 Å². The monoisotopic (exact) mass is 209 g/mol. The first-order chi connectivity index (χ1) is 7.13. The Labute approximate surface area is 93.5 Å². The molecule has 0 bridgehead atoms. The number of hydrogen-bond acceptors (Lipinski definition) is 3. The van der Waals surface area contributed by atoms with Crippen LogP contribution in [-0.2, 0) is 0 Å². The van der Waals surface area contributed by atoms with Crippen LogP contribution < -0.4 is 5.32 Å². The van der Waals surface area contributed by atoms with E-state index >= 15 is 0 Å². The van der Waals surface area contributed by atoms with Crippen LogP contribution in [0.1, 0.15) is 26.7 Å². The van der Waals surface area contributed by atoms with Crippen molar-refractivity contribution in [2.75, 3.05) is 26.7 Å². The maximum Gasteiger partial charge on any atom is 0.0666 e. The van der Waals surface area contributed by atoms with Crippen LogP contribution in [0.15, 0.2) is 0 Å². The van der Waals surface area contributed by atoms with Gasteiger partial charge in [0.15, 0.2) is 0 Å². The lowest BCUT2D eigenvalue weighted by Crippen LogP contribution is -2.44. The zero-order chi connectivity index (χ0) is 11.3. The summed E-state index contributed by atoms with van der Waals surface area (Å²) in [6.07, 6.45) is 2.63. The first kappa shape index (κ1) is 12.5. The van der Waals surface area contributed by atoms with Crippen molar-refractivity contribution in [1.82, 2.24) is 10.2 Å². The second-order valence-electron chi connectivity index (χ2n) is 4.89. The normalized spacial score (nSPS) is 26.9. The molecule has 1 rings (SSSR count). The number of nitrogens with one attached hydrogen (secondary N) is 1. The molecule has 0 amide bonds. The molecule has 0 aromatic rings. The average Bonchev–Trinajstić information content (AvgIpc) is 2.25. The van der Waals surface area contributed by atoms with Gasteiger partial charge < -0.3 is 10.2 Å². The number of nitrogens with zero attached hydrogens (tertiary/aromatic N) is 2. The molecule has 1 heterocycles. The Balaban J connectivity index is 2.27. The van der Waals surface area contributed by atoms with Crippen molar-refractivity contribution in [3.63, 3.8) is 0 Å². The molecule has 1 fully saturated rings. The summed E-state index contributed by atoms with van der Waals surface area (Å²) in [6, 6.07) is 2.79. The lowest BCUT2D eigenvalue weighted by atomic mass is 9.91.